The van der Waals surface area contributed by atoms with Crippen LogP contribution in [0.1, 0.15) is 56.7 Å². The van der Waals surface area contributed by atoms with Crippen molar-refractivity contribution in [2.75, 3.05) is 11.4 Å². The number of benzene rings is 2. The third-order valence-electron chi connectivity index (χ3n) is 5.38. The molecule has 0 fully saturated rings. The van der Waals surface area contributed by atoms with Crippen LogP contribution in [0.25, 0.3) is 11.6 Å². The Hall–Kier alpha value is -1.95. The van der Waals surface area contributed by atoms with Gasteiger partial charge in [0, 0.05) is 28.4 Å². The van der Waals surface area contributed by atoms with Gasteiger partial charge < -0.3 is 4.90 Å². The van der Waals surface area contributed by atoms with Crippen molar-refractivity contribution >= 4 is 40.5 Å². The van der Waals surface area contributed by atoms with E-state index in [0.29, 0.717) is 27.1 Å². The van der Waals surface area contributed by atoms with E-state index in [0.717, 1.165) is 18.5 Å². The fraction of sp³-hybridized carbons (Fsp3) is 0.348. The molecule has 0 saturated carbocycles. The third kappa shape index (κ3) is 3.86. The van der Waals surface area contributed by atoms with Gasteiger partial charge in [-0.25, -0.2) is 0 Å². The molecule has 140 valence electrons. The maximum Gasteiger partial charge on any atom is 0.0998 e. The van der Waals surface area contributed by atoms with E-state index in [1.807, 2.05) is 6.08 Å². The summed E-state index contributed by atoms with van der Waals surface area (Å²) in [7, 11) is 0. The maximum absolute atomic E-state index is 9.66. The number of hydrogen-bond donors (Lipinski definition) is 0. The molecule has 2 aromatic carbocycles. The van der Waals surface area contributed by atoms with Crippen LogP contribution in [-0.2, 0) is 0 Å². The average Bonchev–Trinajstić information content (AvgIpc) is 2.60. The van der Waals surface area contributed by atoms with Crippen LogP contribution in [0.15, 0.2) is 36.4 Å². The molecule has 1 heterocycles. The number of nitriles is 1. The van der Waals surface area contributed by atoms with Gasteiger partial charge in [0.1, 0.15) is 0 Å². The van der Waals surface area contributed by atoms with Gasteiger partial charge in [-0.3, -0.25) is 0 Å². The summed E-state index contributed by atoms with van der Waals surface area (Å²) in [4.78, 5) is 2.47. The Kier molecular flexibility index (Phi) is 5.56. The SMILES string of the molecule is CCN1c2ccc(/C=C(\C#N)c3ccc(Cl)cc3Cl)cc2C(C)CC1(C)C. The molecule has 1 atom stereocenters. The molecule has 0 spiro atoms. The minimum atomic E-state index is 0.146. The number of anilines is 1. The smallest absolute Gasteiger partial charge is 0.0998 e. The molecule has 0 aliphatic carbocycles. The molecule has 1 unspecified atom stereocenters. The molecule has 27 heavy (non-hydrogen) atoms. The van der Waals surface area contributed by atoms with Crippen molar-refractivity contribution in [3.8, 4) is 6.07 Å². The quantitative estimate of drug-likeness (QED) is 0.404. The number of rotatable bonds is 3. The van der Waals surface area contributed by atoms with E-state index in [4.69, 9.17) is 23.2 Å². The molecule has 3 rings (SSSR count). The molecule has 2 nitrogen and oxygen atoms in total. The van der Waals surface area contributed by atoms with Crippen LogP contribution in [0.3, 0.4) is 0 Å². The first-order chi connectivity index (χ1) is 12.8. The van der Waals surface area contributed by atoms with Crippen molar-refractivity contribution in [1.82, 2.24) is 0 Å². The van der Waals surface area contributed by atoms with Gasteiger partial charge in [0.2, 0.25) is 0 Å². The first-order valence-corrected chi connectivity index (χ1v) is 10.0. The molecular formula is C23H24Cl2N2. The van der Waals surface area contributed by atoms with Crippen LogP contribution in [0, 0.1) is 11.3 Å². The molecule has 0 N–H and O–H groups in total. The second-order valence-corrected chi connectivity index (χ2v) is 8.62. The van der Waals surface area contributed by atoms with Gasteiger partial charge in [-0.05, 0) is 74.6 Å². The first-order valence-electron chi connectivity index (χ1n) is 9.25. The summed E-state index contributed by atoms with van der Waals surface area (Å²) in [5, 5.41) is 10.7. The van der Waals surface area contributed by atoms with Crippen LogP contribution >= 0.6 is 23.2 Å². The van der Waals surface area contributed by atoms with Crippen molar-refractivity contribution in [1.29, 1.82) is 5.26 Å². The maximum atomic E-state index is 9.66. The summed E-state index contributed by atoms with van der Waals surface area (Å²) >= 11 is 12.3. The van der Waals surface area contributed by atoms with Gasteiger partial charge in [0.05, 0.1) is 16.7 Å². The van der Waals surface area contributed by atoms with Gasteiger partial charge >= 0.3 is 0 Å². The predicted octanol–water partition coefficient (Wildman–Crippen LogP) is 7.17. The molecular weight excluding hydrogens is 375 g/mol. The van der Waals surface area contributed by atoms with E-state index in [-0.39, 0.29) is 5.54 Å². The Labute approximate surface area is 172 Å². The highest BCUT2D eigenvalue weighted by Crippen LogP contribution is 2.43. The Balaban J connectivity index is 2.05. The summed E-state index contributed by atoms with van der Waals surface area (Å²) in [5.74, 6) is 0.468. The lowest BCUT2D eigenvalue weighted by Crippen LogP contribution is -2.48. The summed E-state index contributed by atoms with van der Waals surface area (Å²) < 4.78 is 0. The van der Waals surface area contributed by atoms with Crippen LogP contribution < -0.4 is 4.90 Å². The van der Waals surface area contributed by atoms with Gasteiger partial charge in [0.25, 0.3) is 0 Å². The molecule has 1 aliphatic rings. The lowest BCUT2D eigenvalue weighted by atomic mass is 9.79. The summed E-state index contributed by atoms with van der Waals surface area (Å²) in [6, 6.07) is 14.0. The van der Waals surface area contributed by atoms with Crippen LogP contribution in [-0.4, -0.2) is 12.1 Å². The van der Waals surface area contributed by atoms with Crippen molar-refractivity contribution in [3.05, 3.63) is 63.1 Å². The zero-order valence-electron chi connectivity index (χ0n) is 16.2. The van der Waals surface area contributed by atoms with Crippen LogP contribution in [0.4, 0.5) is 5.69 Å². The summed E-state index contributed by atoms with van der Waals surface area (Å²) in [6.45, 7) is 10.1. The standard InChI is InChI=1S/C23H24Cl2N2/c1-5-27-22-9-6-16(11-20(22)15(2)13-23(27,3)4)10-17(14-26)19-8-7-18(24)12-21(19)25/h6-12,15H,5,13H2,1-4H3/b17-10+. The topological polar surface area (TPSA) is 27.0 Å². The minimum absolute atomic E-state index is 0.146. The van der Waals surface area contributed by atoms with Crippen molar-refractivity contribution in [2.24, 2.45) is 0 Å². The third-order valence-corrected chi connectivity index (χ3v) is 5.93. The monoisotopic (exact) mass is 398 g/mol. The molecule has 0 amide bonds. The number of allylic oxidation sites excluding steroid dienone is 1. The second-order valence-electron chi connectivity index (χ2n) is 7.77. The minimum Gasteiger partial charge on any atom is -0.366 e. The predicted molar refractivity (Wildman–Crippen MR) is 117 cm³/mol. The second kappa shape index (κ2) is 7.58. The van der Waals surface area contributed by atoms with Crippen molar-refractivity contribution in [3.63, 3.8) is 0 Å². The van der Waals surface area contributed by atoms with Crippen molar-refractivity contribution < 1.29 is 0 Å². The van der Waals surface area contributed by atoms with Crippen LogP contribution in [0.2, 0.25) is 10.0 Å². The molecule has 0 bridgehead atoms. The highest BCUT2D eigenvalue weighted by Gasteiger charge is 2.35. The Morgan fingerprint density at radius 3 is 2.63 bits per heavy atom. The molecule has 0 saturated heterocycles. The highest BCUT2D eigenvalue weighted by molar-refractivity contribution is 6.36. The summed E-state index contributed by atoms with van der Waals surface area (Å²) in [5.41, 5.74) is 5.02. The Morgan fingerprint density at radius 2 is 2.00 bits per heavy atom. The zero-order chi connectivity index (χ0) is 19.8. The van der Waals surface area contributed by atoms with Gasteiger partial charge in [0.15, 0.2) is 0 Å². The highest BCUT2D eigenvalue weighted by atomic mass is 35.5. The number of halogens is 2. The molecule has 1 aliphatic heterocycles. The van der Waals surface area contributed by atoms with E-state index in [1.165, 1.54) is 11.3 Å². The van der Waals surface area contributed by atoms with Gasteiger partial charge in [-0.15, -0.1) is 0 Å². The van der Waals surface area contributed by atoms with E-state index < -0.39 is 0 Å². The Bertz CT molecular complexity index is 938. The van der Waals surface area contributed by atoms with E-state index in [1.54, 1.807) is 18.2 Å². The fourth-order valence-electron chi connectivity index (χ4n) is 4.24. The summed E-state index contributed by atoms with van der Waals surface area (Å²) in [6.07, 6.45) is 3.01. The fourth-order valence-corrected chi connectivity index (χ4v) is 4.75. The number of hydrogen-bond acceptors (Lipinski definition) is 2. The largest absolute Gasteiger partial charge is 0.366 e. The van der Waals surface area contributed by atoms with Gasteiger partial charge in [-0.1, -0.05) is 42.3 Å². The molecule has 0 aromatic heterocycles. The molecule has 4 heteroatoms. The lowest BCUT2D eigenvalue weighted by Gasteiger charge is -2.47. The molecule has 0 radical (unpaired) electrons. The van der Waals surface area contributed by atoms with Crippen molar-refractivity contribution in [2.45, 2.75) is 45.6 Å². The van der Waals surface area contributed by atoms with Gasteiger partial charge in [-0.2, -0.15) is 5.26 Å². The average molecular weight is 399 g/mol. The lowest BCUT2D eigenvalue weighted by molar-refractivity contribution is 0.381. The Morgan fingerprint density at radius 1 is 1.26 bits per heavy atom. The van der Waals surface area contributed by atoms with E-state index in [9.17, 15) is 5.26 Å². The normalized spacial score (nSPS) is 18.8. The van der Waals surface area contributed by atoms with Crippen LogP contribution in [0.5, 0.6) is 0 Å². The number of nitrogens with zero attached hydrogens (tertiary/aromatic N) is 2. The number of fused-ring (bicyclic) bond motifs is 1. The zero-order valence-corrected chi connectivity index (χ0v) is 17.7. The van der Waals surface area contributed by atoms with E-state index >= 15 is 0 Å². The molecule has 2 aromatic rings. The first kappa shape index (κ1) is 19.8. The van der Waals surface area contributed by atoms with E-state index in [2.05, 4.69) is 56.9 Å².